The molecule has 0 aliphatic rings. The van der Waals surface area contributed by atoms with Crippen molar-refractivity contribution in [3.05, 3.63) is 29.3 Å². The summed E-state index contributed by atoms with van der Waals surface area (Å²) >= 11 is 1.10. The summed E-state index contributed by atoms with van der Waals surface area (Å²) in [5, 5.41) is 0. The number of carbonyl (C=O) groups excluding carboxylic acids is 1. The van der Waals surface area contributed by atoms with Crippen LogP contribution < -0.4 is 0 Å². The fourth-order valence-corrected chi connectivity index (χ4v) is 1.57. The average Bonchev–Trinajstić information content (AvgIpc) is 2.18. The SMILES string of the molecule is CCOC(=O)c1c(F)ccc(SC)c1F. The Labute approximate surface area is 90.6 Å². The van der Waals surface area contributed by atoms with Crippen LogP contribution in [0.25, 0.3) is 0 Å². The highest BCUT2D eigenvalue weighted by Crippen LogP contribution is 2.24. The number of benzene rings is 1. The first kappa shape index (κ1) is 12.0. The molecule has 2 nitrogen and oxygen atoms in total. The van der Waals surface area contributed by atoms with Gasteiger partial charge in [0.25, 0.3) is 0 Å². The first-order valence-electron chi connectivity index (χ1n) is 4.31. The minimum atomic E-state index is -0.969. The predicted molar refractivity (Wildman–Crippen MR) is 54.1 cm³/mol. The lowest BCUT2D eigenvalue weighted by atomic mass is 10.2. The zero-order chi connectivity index (χ0) is 11.4. The van der Waals surface area contributed by atoms with Crippen LogP contribution in [0, 0.1) is 11.6 Å². The van der Waals surface area contributed by atoms with Crippen LogP contribution in [-0.2, 0) is 4.74 Å². The Morgan fingerprint density at radius 3 is 2.67 bits per heavy atom. The number of thioether (sulfide) groups is 1. The number of rotatable bonds is 3. The van der Waals surface area contributed by atoms with Crippen molar-refractivity contribution in [3.63, 3.8) is 0 Å². The lowest BCUT2D eigenvalue weighted by Crippen LogP contribution is -2.10. The predicted octanol–water partition coefficient (Wildman–Crippen LogP) is 2.86. The second-order valence-corrected chi connectivity index (χ2v) is 3.51. The van der Waals surface area contributed by atoms with Crippen molar-refractivity contribution >= 4 is 17.7 Å². The second-order valence-electron chi connectivity index (χ2n) is 2.66. The first-order chi connectivity index (χ1) is 7.11. The van der Waals surface area contributed by atoms with E-state index >= 15 is 0 Å². The van der Waals surface area contributed by atoms with Gasteiger partial charge < -0.3 is 4.74 Å². The van der Waals surface area contributed by atoms with Crippen LogP contribution in [0.3, 0.4) is 0 Å². The van der Waals surface area contributed by atoms with Crippen molar-refractivity contribution in [2.45, 2.75) is 11.8 Å². The number of carbonyl (C=O) groups is 1. The molecule has 0 fully saturated rings. The topological polar surface area (TPSA) is 26.3 Å². The lowest BCUT2D eigenvalue weighted by molar-refractivity contribution is 0.0514. The fourth-order valence-electron chi connectivity index (χ4n) is 1.08. The number of hydrogen-bond acceptors (Lipinski definition) is 3. The highest BCUT2D eigenvalue weighted by molar-refractivity contribution is 7.98. The molecule has 0 bridgehead atoms. The molecule has 0 heterocycles. The summed E-state index contributed by atoms with van der Waals surface area (Å²) in [4.78, 5) is 11.5. The molecule has 0 amide bonds. The summed E-state index contributed by atoms with van der Waals surface area (Å²) in [6, 6.07) is 2.35. The summed E-state index contributed by atoms with van der Waals surface area (Å²) < 4.78 is 31.3. The average molecular weight is 232 g/mol. The highest BCUT2D eigenvalue weighted by Gasteiger charge is 2.21. The molecule has 1 aromatic rings. The number of halogens is 2. The van der Waals surface area contributed by atoms with Gasteiger partial charge in [-0.05, 0) is 25.3 Å². The van der Waals surface area contributed by atoms with Crippen molar-refractivity contribution in [3.8, 4) is 0 Å². The van der Waals surface area contributed by atoms with Crippen LogP contribution in [0.4, 0.5) is 8.78 Å². The maximum absolute atomic E-state index is 13.5. The minimum Gasteiger partial charge on any atom is -0.462 e. The van der Waals surface area contributed by atoms with Crippen LogP contribution in [0.15, 0.2) is 17.0 Å². The molecule has 0 spiro atoms. The quantitative estimate of drug-likeness (QED) is 0.592. The fraction of sp³-hybridized carbons (Fsp3) is 0.300. The van der Waals surface area contributed by atoms with Crippen molar-refractivity contribution < 1.29 is 18.3 Å². The third kappa shape index (κ3) is 2.47. The molecule has 0 aliphatic carbocycles. The Balaban J connectivity index is 3.20. The molecule has 1 rings (SSSR count). The molecule has 15 heavy (non-hydrogen) atoms. The van der Waals surface area contributed by atoms with Gasteiger partial charge in [-0.25, -0.2) is 13.6 Å². The van der Waals surface area contributed by atoms with E-state index in [1.165, 1.54) is 6.07 Å². The van der Waals surface area contributed by atoms with Gasteiger partial charge in [0, 0.05) is 4.90 Å². The molecule has 0 saturated heterocycles. The molecular weight excluding hydrogens is 222 g/mol. The number of esters is 1. The van der Waals surface area contributed by atoms with Gasteiger partial charge in [-0.15, -0.1) is 11.8 Å². The van der Waals surface area contributed by atoms with E-state index in [0.717, 1.165) is 17.8 Å². The maximum Gasteiger partial charge on any atom is 0.344 e. The Morgan fingerprint density at radius 1 is 1.47 bits per heavy atom. The van der Waals surface area contributed by atoms with Gasteiger partial charge in [0.15, 0.2) is 5.82 Å². The van der Waals surface area contributed by atoms with E-state index in [-0.39, 0.29) is 11.5 Å². The molecule has 5 heteroatoms. The van der Waals surface area contributed by atoms with E-state index in [0.29, 0.717) is 0 Å². The van der Waals surface area contributed by atoms with Gasteiger partial charge in [-0.1, -0.05) is 0 Å². The molecule has 0 unspecified atom stereocenters. The highest BCUT2D eigenvalue weighted by atomic mass is 32.2. The number of ether oxygens (including phenoxy) is 1. The second kappa shape index (κ2) is 5.11. The van der Waals surface area contributed by atoms with Crippen molar-refractivity contribution in [2.24, 2.45) is 0 Å². The molecule has 0 atom stereocenters. The summed E-state index contributed by atoms with van der Waals surface area (Å²) in [5.74, 6) is -2.73. The van der Waals surface area contributed by atoms with Gasteiger partial charge >= 0.3 is 5.97 Å². The molecule has 0 aliphatic heterocycles. The Morgan fingerprint density at radius 2 is 2.13 bits per heavy atom. The van der Waals surface area contributed by atoms with Crippen LogP contribution in [-0.4, -0.2) is 18.8 Å². The Bertz CT molecular complexity index is 380. The largest absolute Gasteiger partial charge is 0.462 e. The van der Waals surface area contributed by atoms with E-state index in [4.69, 9.17) is 0 Å². The molecule has 0 N–H and O–H groups in total. The Hall–Kier alpha value is -1.10. The standard InChI is InChI=1S/C10H10F2O2S/c1-3-14-10(13)8-6(11)4-5-7(15-2)9(8)12/h4-5H,3H2,1-2H3. The van der Waals surface area contributed by atoms with Gasteiger partial charge in [0.05, 0.1) is 6.61 Å². The monoisotopic (exact) mass is 232 g/mol. The molecular formula is C10H10F2O2S. The third-order valence-corrected chi connectivity index (χ3v) is 2.51. The van der Waals surface area contributed by atoms with Gasteiger partial charge in [-0.2, -0.15) is 0 Å². The normalized spacial score (nSPS) is 10.1. The third-order valence-electron chi connectivity index (χ3n) is 1.76. The summed E-state index contributed by atoms with van der Waals surface area (Å²) in [5.41, 5.74) is -0.622. The molecule has 1 aromatic carbocycles. The minimum absolute atomic E-state index is 0.0845. The van der Waals surface area contributed by atoms with Crippen molar-refractivity contribution in [1.29, 1.82) is 0 Å². The molecule has 0 saturated carbocycles. The van der Waals surface area contributed by atoms with E-state index in [2.05, 4.69) is 4.74 Å². The zero-order valence-electron chi connectivity index (χ0n) is 8.34. The van der Waals surface area contributed by atoms with Gasteiger partial charge in [0.2, 0.25) is 0 Å². The smallest absolute Gasteiger partial charge is 0.344 e. The van der Waals surface area contributed by atoms with E-state index in [1.807, 2.05) is 0 Å². The van der Waals surface area contributed by atoms with E-state index in [9.17, 15) is 13.6 Å². The van der Waals surface area contributed by atoms with Crippen LogP contribution in [0.2, 0.25) is 0 Å². The van der Waals surface area contributed by atoms with Crippen LogP contribution >= 0.6 is 11.8 Å². The van der Waals surface area contributed by atoms with Crippen LogP contribution in [0.1, 0.15) is 17.3 Å². The maximum atomic E-state index is 13.5. The molecule has 0 radical (unpaired) electrons. The van der Waals surface area contributed by atoms with Crippen LogP contribution in [0.5, 0.6) is 0 Å². The number of hydrogen-bond donors (Lipinski definition) is 0. The van der Waals surface area contributed by atoms with Gasteiger partial charge in [0.1, 0.15) is 11.4 Å². The van der Waals surface area contributed by atoms with E-state index < -0.39 is 23.2 Å². The lowest BCUT2D eigenvalue weighted by Gasteiger charge is -2.06. The van der Waals surface area contributed by atoms with E-state index in [1.54, 1.807) is 13.2 Å². The summed E-state index contributed by atoms with van der Waals surface area (Å²) in [6.07, 6.45) is 1.64. The van der Waals surface area contributed by atoms with Crippen molar-refractivity contribution in [1.82, 2.24) is 0 Å². The first-order valence-corrected chi connectivity index (χ1v) is 5.53. The molecule has 0 aromatic heterocycles. The van der Waals surface area contributed by atoms with Crippen molar-refractivity contribution in [2.75, 3.05) is 12.9 Å². The summed E-state index contributed by atoms with van der Waals surface area (Å²) in [7, 11) is 0. The zero-order valence-corrected chi connectivity index (χ0v) is 9.16. The summed E-state index contributed by atoms with van der Waals surface area (Å²) in [6.45, 7) is 1.66. The van der Waals surface area contributed by atoms with Gasteiger partial charge in [-0.3, -0.25) is 0 Å². The molecule has 82 valence electrons. The Kier molecular flexibility index (Phi) is 4.08.